The molecule has 4 rings (SSSR count). The number of fused-ring (bicyclic) bond motifs is 2. The van der Waals surface area contributed by atoms with E-state index >= 15 is 0 Å². The quantitative estimate of drug-likeness (QED) is 0.497. The molecule has 4 heterocycles. The van der Waals surface area contributed by atoms with Crippen molar-refractivity contribution in [1.29, 1.82) is 0 Å². The summed E-state index contributed by atoms with van der Waals surface area (Å²) in [7, 11) is 3.25. The van der Waals surface area contributed by atoms with E-state index in [1.54, 1.807) is 18.7 Å². The van der Waals surface area contributed by atoms with Crippen LogP contribution in [0.2, 0.25) is 0 Å². The highest BCUT2D eigenvalue weighted by Gasteiger charge is 2.15. The molecular weight excluding hydrogens is 326 g/mol. The Morgan fingerprint density at radius 2 is 1.92 bits per heavy atom. The summed E-state index contributed by atoms with van der Waals surface area (Å²) in [6.07, 6.45) is 2.70. The first-order chi connectivity index (χ1) is 12.4. The number of hydrogen-bond acceptors (Lipinski definition) is 7. The van der Waals surface area contributed by atoms with Gasteiger partial charge in [-0.15, -0.1) is 0 Å². The average molecular weight is 342 g/mol. The van der Waals surface area contributed by atoms with Gasteiger partial charge in [-0.05, 0) is 0 Å². The van der Waals surface area contributed by atoms with Crippen LogP contribution < -0.4 is 17.0 Å². The summed E-state index contributed by atoms with van der Waals surface area (Å²) in [6.45, 7) is 0.207. The molecule has 11 nitrogen and oxygen atoms in total. The minimum absolute atomic E-state index is 0.0495. The standard InChI is InChI=1S/C14H15N9O2/c1-20-6-19-12-9(20)13(24)23(14(25)21(12)2)4-3-22-7-18-8-10(15)16-5-17-11(8)22/h5-7H,3-4H2,1-2H3,(H2,15,16,17)/i7D. The van der Waals surface area contributed by atoms with Gasteiger partial charge in [-0.3, -0.25) is 13.9 Å². The van der Waals surface area contributed by atoms with Crippen molar-refractivity contribution in [1.82, 2.24) is 38.2 Å². The zero-order valence-electron chi connectivity index (χ0n) is 14.5. The number of anilines is 1. The molecule has 11 heteroatoms. The number of aromatic nitrogens is 8. The second-order valence-corrected chi connectivity index (χ2v) is 5.62. The van der Waals surface area contributed by atoms with Crippen LogP contribution in [0.5, 0.6) is 0 Å². The van der Waals surface area contributed by atoms with E-state index in [9.17, 15) is 9.59 Å². The number of hydrogen-bond donors (Lipinski definition) is 1. The Morgan fingerprint density at radius 1 is 1.12 bits per heavy atom. The molecule has 2 N–H and O–H groups in total. The second kappa shape index (κ2) is 5.26. The maximum absolute atomic E-state index is 12.7. The zero-order chi connectivity index (χ0) is 18.6. The first-order valence-corrected chi connectivity index (χ1v) is 7.44. The lowest BCUT2D eigenvalue weighted by atomic mass is 10.4. The molecule has 0 aliphatic carbocycles. The molecule has 25 heavy (non-hydrogen) atoms. The fraction of sp³-hybridized carbons (Fsp3) is 0.286. The molecule has 0 unspecified atom stereocenters. The lowest BCUT2D eigenvalue weighted by Crippen LogP contribution is -2.40. The van der Waals surface area contributed by atoms with E-state index in [0.717, 1.165) is 4.57 Å². The second-order valence-electron chi connectivity index (χ2n) is 5.62. The summed E-state index contributed by atoms with van der Waals surface area (Å²) < 4.78 is 13.5. The Labute approximate surface area is 141 Å². The smallest absolute Gasteiger partial charge is 0.332 e. The third-order valence-electron chi connectivity index (χ3n) is 4.12. The van der Waals surface area contributed by atoms with Crippen molar-refractivity contribution in [3.8, 4) is 0 Å². The Hall–Kier alpha value is -3.50. The maximum Gasteiger partial charge on any atom is 0.332 e. The molecule has 0 aromatic carbocycles. The predicted octanol–water partition coefficient (Wildman–Crippen LogP) is -1.14. The Morgan fingerprint density at radius 3 is 2.72 bits per heavy atom. The fourth-order valence-corrected chi connectivity index (χ4v) is 2.79. The highest BCUT2D eigenvalue weighted by Crippen LogP contribution is 2.13. The van der Waals surface area contributed by atoms with Gasteiger partial charge in [-0.1, -0.05) is 0 Å². The van der Waals surface area contributed by atoms with Crippen molar-refractivity contribution in [3.63, 3.8) is 0 Å². The van der Waals surface area contributed by atoms with E-state index in [0.29, 0.717) is 22.3 Å². The Kier molecular flexibility index (Phi) is 2.92. The normalized spacial score (nSPS) is 12.2. The van der Waals surface area contributed by atoms with Gasteiger partial charge >= 0.3 is 5.69 Å². The van der Waals surface area contributed by atoms with E-state index in [1.165, 1.54) is 21.8 Å². The first kappa shape index (κ1) is 13.9. The van der Waals surface area contributed by atoms with Crippen LogP contribution in [0.1, 0.15) is 1.37 Å². The van der Waals surface area contributed by atoms with Gasteiger partial charge in [-0.2, -0.15) is 0 Å². The van der Waals surface area contributed by atoms with Crippen LogP contribution in [0.15, 0.2) is 28.5 Å². The Balaban J connectivity index is 1.82. The molecule has 0 amide bonds. The predicted molar refractivity (Wildman–Crippen MR) is 90.0 cm³/mol. The number of aryl methyl sites for hydroxylation is 3. The third kappa shape index (κ3) is 2.12. The molecule has 0 atom stereocenters. The fourth-order valence-electron chi connectivity index (χ4n) is 2.79. The summed E-state index contributed by atoms with van der Waals surface area (Å²) in [4.78, 5) is 41.3. The van der Waals surface area contributed by atoms with Crippen LogP contribution in [0.25, 0.3) is 22.3 Å². The molecule has 128 valence electrons. The van der Waals surface area contributed by atoms with Crippen LogP contribution in [-0.2, 0) is 27.2 Å². The van der Waals surface area contributed by atoms with Crippen molar-refractivity contribution in [2.45, 2.75) is 13.1 Å². The van der Waals surface area contributed by atoms with Gasteiger partial charge in [0, 0.05) is 27.2 Å². The van der Waals surface area contributed by atoms with E-state index < -0.39 is 11.2 Å². The topological polar surface area (TPSA) is 131 Å². The van der Waals surface area contributed by atoms with Crippen molar-refractivity contribution < 1.29 is 1.37 Å². The highest BCUT2D eigenvalue weighted by atomic mass is 16.2. The largest absolute Gasteiger partial charge is 0.382 e. The summed E-state index contributed by atoms with van der Waals surface area (Å²) in [5.41, 5.74) is 6.20. The summed E-state index contributed by atoms with van der Waals surface area (Å²) in [5.74, 6) is 0.173. The average Bonchev–Trinajstić information content (AvgIpc) is 3.14. The highest BCUT2D eigenvalue weighted by molar-refractivity contribution is 5.81. The molecule has 0 fully saturated rings. The van der Waals surface area contributed by atoms with Gasteiger partial charge < -0.3 is 14.9 Å². The van der Waals surface area contributed by atoms with E-state index in [4.69, 9.17) is 7.10 Å². The SMILES string of the molecule is [2H]c1nc2c(N)ncnc2n1CCn1c(=O)c2c(ncn2C)n(C)c1=O. The lowest BCUT2D eigenvalue weighted by Gasteiger charge is -2.09. The monoisotopic (exact) mass is 342 g/mol. The summed E-state index contributed by atoms with van der Waals surface area (Å²) in [6, 6.07) is 0. The first-order valence-electron chi connectivity index (χ1n) is 7.94. The molecule has 4 aromatic rings. The summed E-state index contributed by atoms with van der Waals surface area (Å²) in [5, 5.41) is 0. The molecule has 0 bridgehead atoms. The zero-order valence-corrected chi connectivity index (χ0v) is 13.5. The lowest BCUT2D eigenvalue weighted by molar-refractivity contribution is 0.536. The molecule has 4 aromatic heterocycles. The van der Waals surface area contributed by atoms with Crippen molar-refractivity contribution in [3.05, 3.63) is 39.8 Å². The molecule has 0 radical (unpaired) electrons. The number of imidazole rings is 2. The van der Waals surface area contributed by atoms with Crippen LogP contribution in [0, 0.1) is 0 Å². The molecule has 0 spiro atoms. The minimum Gasteiger partial charge on any atom is -0.382 e. The molecule has 0 saturated heterocycles. The van der Waals surface area contributed by atoms with Crippen molar-refractivity contribution >= 4 is 28.1 Å². The van der Waals surface area contributed by atoms with Crippen LogP contribution in [0.3, 0.4) is 0 Å². The third-order valence-corrected chi connectivity index (χ3v) is 4.12. The van der Waals surface area contributed by atoms with Gasteiger partial charge in [0.25, 0.3) is 5.56 Å². The molecule has 0 saturated carbocycles. The molecular formula is C14H15N9O2. The van der Waals surface area contributed by atoms with E-state index in [2.05, 4.69) is 19.9 Å². The maximum atomic E-state index is 12.7. The van der Waals surface area contributed by atoms with Crippen molar-refractivity contribution in [2.75, 3.05) is 5.73 Å². The number of nitrogens with two attached hydrogens (primary N) is 1. The number of rotatable bonds is 3. The molecule has 0 aliphatic rings. The van der Waals surface area contributed by atoms with Crippen LogP contribution in [-0.4, -0.2) is 38.2 Å². The Bertz CT molecular complexity index is 1280. The van der Waals surface area contributed by atoms with E-state index in [1.807, 2.05) is 0 Å². The van der Waals surface area contributed by atoms with Crippen LogP contribution in [0.4, 0.5) is 5.82 Å². The number of nitrogens with zero attached hydrogens (tertiary/aromatic N) is 8. The van der Waals surface area contributed by atoms with Gasteiger partial charge in [0.1, 0.15) is 13.2 Å². The van der Waals surface area contributed by atoms with Gasteiger partial charge in [-0.25, -0.2) is 24.7 Å². The van der Waals surface area contributed by atoms with Gasteiger partial charge in [0.2, 0.25) is 0 Å². The van der Waals surface area contributed by atoms with Gasteiger partial charge in [0.15, 0.2) is 22.6 Å². The van der Waals surface area contributed by atoms with Crippen LogP contribution >= 0.6 is 0 Å². The van der Waals surface area contributed by atoms with E-state index in [-0.39, 0.29) is 25.2 Å². The minimum atomic E-state index is -0.480. The summed E-state index contributed by atoms with van der Waals surface area (Å²) >= 11 is 0. The van der Waals surface area contributed by atoms with Gasteiger partial charge in [0.05, 0.1) is 12.6 Å². The molecule has 0 aliphatic heterocycles. The van der Waals surface area contributed by atoms with Crippen molar-refractivity contribution in [2.24, 2.45) is 14.1 Å². The number of nitrogen functional groups attached to an aromatic ring is 1.